The second-order valence-electron chi connectivity index (χ2n) is 7.99. The van der Waals surface area contributed by atoms with Crippen molar-refractivity contribution in [3.8, 4) is 11.5 Å². The fourth-order valence-corrected chi connectivity index (χ4v) is 6.23. The summed E-state index contributed by atoms with van der Waals surface area (Å²) in [6, 6.07) is 14.7. The average Bonchev–Trinajstić information content (AvgIpc) is 3.33. The lowest BCUT2D eigenvalue weighted by atomic mass is 9.88. The van der Waals surface area contributed by atoms with E-state index in [9.17, 15) is 13.2 Å². The Hall–Kier alpha value is -2.69. The largest absolute Gasteiger partial charge is 0.411 e. The number of hydrogen-bond donors (Lipinski definition) is 1. The molecule has 4 rings (SSSR count). The topological polar surface area (TPSA) is 105 Å². The minimum Gasteiger partial charge on any atom is -0.411 e. The third-order valence-electron chi connectivity index (χ3n) is 5.86. The number of thioether (sulfide) groups is 1. The minimum absolute atomic E-state index is 0.0202. The molecule has 0 bridgehead atoms. The number of fused-ring (bicyclic) bond motifs is 1. The highest BCUT2D eigenvalue weighted by atomic mass is 32.2. The Balaban J connectivity index is 1.40. The van der Waals surface area contributed by atoms with Crippen molar-refractivity contribution in [3.05, 3.63) is 59.7 Å². The van der Waals surface area contributed by atoms with Crippen LogP contribution in [0.1, 0.15) is 43.9 Å². The number of aromatic nitrogens is 2. The predicted octanol–water partition coefficient (Wildman–Crippen LogP) is 4.05. The zero-order valence-corrected chi connectivity index (χ0v) is 20.9. The maximum Gasteiger partial charge on any atom is 0.277 e. The van der Waals surface area contributed by atoms with Gasteiger partial charge in [0.1, 0.15) is 0 Å². The van der Waals surface area contributed by atoms with Crippen molar-refractivity contribution < 1.29 is 17.6 Å². The number of carbonyl (C=O) groups is 1. The third-order valence-corrected chi connectivity index (χ3v) is 8.73. The molecular formula is C24H28N4O4S2. The predicted molar refractivity (Wildman–Crippen MR) is 131 cm³/mol. The van der Waals surface area contributed by atoms with Gasteiger partial charge in [0.25, 0.3) is 5.22 Å². The van der Waals surface area contributed by atoms with Crippen molar-refractivity contribution in [2.45, 2.75) is 49.3 Å². The van der Waals surface area contributed by atoms with Gasteiger partial charge in [0.05, 0.1) is 16.7 Å². The van der Waals surface area contributed by atoms with Gasteiger partial charge in [-0.1, -0.05) is 55.9 Å². The number of hydrogen-bond acceptors (Lipinski definition) is 7. The molecule has 180 valence electrons. The second-order valence-corrected chi connectivity index (χ2v) is 10.9. The summed E-state index contributed by atoms with van der Waals surface area (Å²) in [5.41, 5.74) is 2.99. The maximum absolute atomic E-state index is 12.8. The molecule has 1 unspecified atom stereocenters. The third kappa shape index (κ3) is 5.34. The van der Waals surface area contributed by atoms with Crippen LogP contribution < -0.4 is 5.32 Å². The van der Waals surface area contributed by atoms with Crippen LogP contribution in [0.5, 0.6) is 0 Å². The Morgan fingerprint density at radius 1 is 1.15 bits per heavy atom. The van der Waals surface area contributed by atoms with Crippen LogP contribution in [-0.4, -0.2) is 47.7 Å². The molecule has 1 heterocycles. The molecule has 0 aliphatic heterocycles. The Kier molecular flexibility index (Phi) is 7.70. The van der Waals surface area contributed by atoms with Gasteiger partial charge in [0.15, 0.2) is 0 Å². The number of nitrogens with zero attached hydrogens (tertiary/aromatic N) is 3. The van der Waals surface area contributed by atoms with E-state index >= 15 is 0 Å². The molecule has 1 aromatic heterocycles. The highest BCUT2D eigenvalue weighted by molar-refractivity contribution is 7.99. The zero-order valence-electron chi connectivity index (χ0n) is 19.2. The number of benzene rings is 2. The lowest BCUT2D eigenvalue weighted by Gasteiger charge is -2.26. The first kappa shape index (κ1) is 24.4. The number of amides is 1. The van der Waals surface area contributed by atoms with E-state index in [1.807, 2.05) is 12.1 Å². The smallest absolute Gasteiger partial charge is 0.277 e. The number of aryl methyl sites for hydroxylation is 1. The van der Waals surface area contributed by atoms with Gasteiger partial charge in [-0.05, 0) is 48.6 Å². The number of rotatable bonds is 9. The molecule has 1 atom stereocenters. The molecule has 2 aromatic carbocycles. The fraction of sp³-hybridized carbons (Fsp3) is 0.375. The average molecular weight is 501 g/mol. The normalized spacial score (nSPS) is 15.8. The van der Waals surface area contributed by atoms with Crippen LogP contribution in [0.15, 0.2) is 63.1 Å². The van der Waals surface area contributed by atoms with E-state index in [0.717, 1.165) is 31.0 Å². The number of carbonyl (C=O) groups excluding carboxylic acids is 1. The second kappa shape index (κ2) is 10.7. The summed E-state index contributed by atoms with van der Waals surface area (Å²) in [6.07, 6.45) is 3.01. The van der Waals surface area contributed by atoms with Gasteiger partial charge in [0.2, 0.25) is 21.8 Å². The van der Waals surface area contributed by atoms with E-state index in [2.05, 4.69) is 27.6 Å². The first-order valence-corrected chi connectivity index (χ1v) is 13.8. The summed E-state index contributed by atoms with van der Waals surface area (Å²) in [7, 11) is -3.60. The number of nitrogens with one attached hydrogen (secondary N) is 1. The lowest BCUT2D eigenvalue weighted by Crippen LogP contribution is -2.32. The van der Waals surface area contributed by atoms with Gasteiger partial charge in [0, 0.05) is 18.7 Å². The first-order valence-electron chi connectivity index (χ1n) is 11.4. The summed E-state index contributed by atoms with van der Waals surface area (Å²) in [6.45, 7) is 4.38. The van der Waals surface area contributed by atoms with Crippen LogP contribution in [0.3, 0.4) is 0 Å². The summed E-state index contributed by atoms with van der Waals surface area (Å²) in [4.78, 5) is 12.7. The molecule has 3 aromatic rings. The standard InChI is InChI=1S/C24H28N4O4S2/c1-3-28(4-2)34(30,31)19-12-7-11-18(15-19)23-26-27-24(32-23)33-16-22(29)25-21-14-8-10-17-9-5-6-13-20(17)21/h5-7,9,11-13,15,21H,3-4,8,10,14,16H2,1-2H3,(H,25,29). The summed E-state index contributed by atoms with van der Waals surface area (Å²) in [5.74, 6) is 0.260. The van der Waals surface area contributed by atoms with Crippen molar-refractivity contribution in [2.75, 3.05) is 18.8 Å². The molecule has 34 heavy (non-hydrogen) atoms. The van der Waals surface area contributed by atoms with Crippen LogP contribution in [-0.2, 0) is 21.2 Å². The van der Waals surface area contributed by atoms with E-state index in [1.165, 1.54) is 21.5 Å². The van der Waals surface area contributed by atoms with Crippen molar-refractivity contribution in [3.63, 3.8) is 0 Å². The fourth-order valence-electron chi connectivity index (χ4n) is 4.15. The molecule has 0 saturated carbocycles. The molecule has 0 radical (unpaired) electrons. The van der Waals surface area contributed by atoms with Crippen molar-refractivity contribution in [1.82, 2.24) is 19.8 Å². The first-order chi connectivity index (χ1) is 16.4. The summed E-state index contributed by atoms with van der Waals surface area (Å²) < 4.78 is 32.7. The Morgan fingerprint density at radius 3 is 2.74 bits per heavy atom. The lowest BCUT2D eigenvalue weighted by molar-refractivity contribution is -0.119. The summed E-state index contributed by atoms with van der Waals surface area (Å²) >= 11 is 1.16. The van der Waals surface area contributed by atoms with Crippen LogP contribution in [0.4, 0.5) is 0 Å². The van der Waals surface area contributed by atoms with Gasteiger partial charge in [-0.25, -0.2) is 8.42 Å². The Labute approximate surface area is 204 Å². The van der Waals surface area contributed by atoms with Crippen LogP contribution in [0.25, 0.3) is 11.5 Å². The summed E-state index contributed by atoms with van der Waals surface area (Å²) in [5, 5.41) is 11.4. The SMILES string of the molecule is CCN(CC)S(=O)(=O)c1cccc(-c2nnc(SCC(=O)NC3CCCc4ccccc43)o2)c1. The molecule has 10 heteroatoms. The Morgan fingerprint density at radius 2 is 1.94 bits per heavy atom. The van der Waals surface area contributed by atoms with Gasteiger partial charge < -0.3 is 9.73 Å². The van der Waals surface area contributed by atoms with Crippen molar-refractivity contribution in [1.29, 1.82) is 0 Å². The van der Waals surface area contributed by atoms with E-state index < -0.39 is 10.0 Å². The molecule has 0 spiro atoms. The van der Waals surface area contributed by atoms with Gasteiger partial charge in [-0.2, -0.15) is 4.31 Å². The molecule has 0 fully saturated rings. The molecule has 8 nitrogen and oxygen atoms in total. The molecule has 0 saturated heterocycles. The van der Waals surface area contributed by atoms with Crippen LogP contribution in [0, 0.1) is 0 Å². The molecule has 1 aliphatic rings. The van der Waals surface area contributed by atoms with E-state index in [1.54, 1.807) is 32.0 Å². The highest BCUT2D eigenvalue weighted by Gasteiger charge is 2.24. The zero-order chi connectivity index (χ0) is 24.1. The molecular weight excluding hydrogens is 472 g/mol. The molecule has 1 amide bonds. The van der Waals surface area contributed by atoms with Crippen molar-refractivity contribution in [2.24, 2.45) is 0 Å². The monoisotopic (exact) mass is 500 g/mol. The van der Waals surface area contributed by atoms with Gasteiger partial charge >= 0.3 is 0 Å². The minimum atomic E-state index is -3.60. The van der Waals surface area contributed by atoms with Gasteiger partial charge in [-0.15, -0.1) is 10.2 Å². The van der Waals surface area contributed by atoms with E-state index in [-0.39, 0.29) is 33.7 Å². The van der Waals surface area contributed by atoms with Crippen molar-refractivity contribution >= 4 is 27.7 Å². The molecule has 1 aliphatic carbocycles. The van der Waals surface area contributed by atoms with Crippen LogP contribution in [0.2, 0.25) is 0 Å². The number of sulfonamides is 1. The van der Waals surface area contributed by atoms with E-state index in [4.69, 9.17) is 4.42 Å². The van der Waals surface area contributed by atoms with Gasteiger partial charge in [-0.3, -0.25) is 4.79 Å². The Bertz CT molecular complexity index is 1260. The quantitative estimate of drug-likeness (QED) is 0.442. The maximum atomic E-state index is 12.8. The highest BCUT2D eigenvalue weighted by Crippen LogP contribution is 2.30. The van der Waals surface area contributed by atoms with Crippen LogP contribution >= 0.6 is 11.8 Å². The van der Waals surface area contributed by atoms with E-state index in [0.29, 0.717) is 18.7 Å². The molecule has 1 N–H and O–H groups in total.